The van der Waals surface area contributed by atoms with Gasteiger partial charge in [0.2, 0.25) is 0 Å². The average Bonchev–Trinajstić information content (AvgIpc) is 2.71. The Morgan fingerprint density at radius 3 is 2.85 bits per heavy atom. The molecule has 0 aliphatic rings. The molecule has 0 amide bonds. The minimum atomic E-state index is 0.0694. The van der Waals surface area contributed by atoms with E-state index in [-0.39, 0.29) is 5.92 Å². The van der Waals surface area contributed by atoms with Crippen molar-refractivity contribution in [2.75, 3.05) is 0 Å². The first kappa shape index (κ1) is 7.85. The molecular formula is C8H8N4O. The highest BCUT2D eigenvalue weighted by Crippen LogP contribution is 2.18. The Balaban J connectivity index is 2.29. The van der Waals surface area contributed by atoms with Crippen molar-refractivity contribution in [3.63, 3.8) is 0 Å². The van der Waals surface area contributed by atoms with Gasteiger partial charge in [-0.25, -0.2) is 0 Å². The Bertz CT molecular complexity index is 359. The van der Waals surface area contributed by atoms with Crippen LogP contribution in [0.25, 0.3) is 0 Å². The maximum absolute atomic E-state index is 4.65. The summed E-state index contributed by atoms with van der Waals surface area (Å²) in [6.07, 6.45) is 6.51. The third kappa shape index (κ3) is 1.53. The molecule has 1 unspecified atom stereocenters. The molecule has 2 rings (SSSR count). The largest absolute Gasteiger partial charge is 0.345 e. The lowest BCUT2D eigenvalue weighted by molar-refractivity contribution is 0.392. The van der Waals surface area contributed by atoms with Gasteiger partial charge in [0.15, 0.2) is 0 Å². The van der Waals surface area contributed by atoms with Crippen molar-refractivity contribution < 1.29 is 4.52 Å². The maximum Gasteiger partial charge on any atom is 0.148 e. The van der Waals surface area contributed by atoms with Crippen LogP contribution < -0.4 is 0 Å². The van der Waals surface area contributed by atoms with Crippen molar-refractivity contribution in [1.82, 2.24) is 20.3 Å². The van der Waals surface area contributed by atoms with Crippen LogP contribution >= 0.6 is 0 Å². The molecule has 2 aromatic rings. The predicted molar refractivity (Wildman–Crippen MR) is 43.8 cm³/mol. The van der Waals surface area contributed by atoms with Crippen molar-refractivity contribution in [1.29, 1.82) is 0 Å². The summed E-state index contributed by atoms with van der Waals surface area (Å²) in [5, 5.41) is 7.20. The van der Waals surface area contributed by atoms with E-state index in [2.05, 4.69) is 24.9 Å². The Kier molecular flexibility index (Phi) is 1.99. The van der Waals surface area contributed by atoms with Crippen LogP contribution in [-0.4, -0.2) is 20.3 Å². The summed E-state index contributed by atoms with van der Waals surface area (Å²) in [6.45, 7) is 1.98. The smallest absolute Gasteiger partial charge is 0.148 e. The first-order valence-corrected chi connectivity index (χ1v) is 3.91. The minimum absolute atomic E-state index is 0.0694. The molecular weight excluding hydrogens is 168 g/mol. The van der Waals surface area contributed by atoms with E-state index in [4.69, 9.17) is 0 Å². The summed E-state index contributed by atoms with van der Waals surface area (Å²) < 4.78 is 4.65. The zero-order valence-electron chi connectivity index (χ0n) is 7.08. The Labute approximate surface area is 74.8 Å². The average molecular weight is 176 g/mol. The number of rotatable bonds is 2. The summed E-state index contributed by atoms with van der Waals surface area (Å²) in [5.41, 5.74) is 1.62. The summed E-state index contributed by atoms with van der Waals surface area (Å²) in [4.78, 5) is 8.14. The second kappa shape index (κ2) is 3.30. The molecule has 0 aromatic carbocycles. The van der Waals surface area contributed by atoms with E-state index in [0.29, 0.717) is 0 Å². The fourth-order valence-electron chi connectivity index (χ4n) is 1.05. The van der Waals surface area contributed by atoms with Crippen LogP contribution in [0.1, 0.15) is 24.2 Å². The van der Waals surface area contributed by atoms with Crippen molar-refractivity contribution in [2.45, 2.75) is 12.8 Å². The van der Waals surface area contributed by atoms with Crippen molar-refractivity contribution in [3.05, 3.63) is 36.2 Å². The fourth-order valence-corrected chi connectivity index (χ4v) is 1.05. The van der Waals surface area contributed by atoms with E-state index < -0.39 is 0 Å². The Morgan fingerprint density at radius 2 is 2.23 bits per heavy atom. The SMILES string of the molecule is CC(c1cnccn1)c1conn1. The molecule has 0 spiro atoms. The second-order valence-electron chi connectivity index (χ2n) is 2.68. The molecule has 0 aliphatic heterocycles. The van der Waals surface area contributed by atoms with Gasteiger partial charge in [-0.15, -0.1) is 5.10 Å². The van der Waals surface area contributed by atoms with Gasteiger partial charge in [-0.1, -0.05) is 6.92 Å². The van der Waals surface area contributed by atoms with E-state index in [0.717, 1.165) is 11.4 Å². The molecule has 0 fully saturated rings. The molecule has 2 aromatic heterocycles. The topological polar surface area (TPSA) is 64.7 Å². The molecule has 0 aliphatic carbocycles. The van der Waals surface area contributed by atoms with E-state index >= 15 is 0 Å². The van der Waals surface area contributed by atoms with Gasteiger partial charge in [0.25, 0.3) is 0 Å². The van der Waals surface area contributed by atoms with Gasteiger partial charge in [-0.2, -0.15) is 0 Å². The Hall–Kier alpha value is -1.78. The van der Waals surface area contributed by atoms with Crippen molar-refractivity contribution >= 4 is 0 Å². The molecule has 2 heterocycles. The molecule has 0 saturated heterocycles. The lowest BCUT2D eigenvalue weighted by Gasteiger charge is -2.03. The van der Waals surface area contributed by atoms with Gasteiger partial charge in [-0.05, 0) is 0 Å². The highest BCUT2D eigenvalue weighted by Gasteiger charge is 2.12. The molecule has 0 radical (unpaired) electrons. The van der Waals surface area contributed by atoms with E-state index in [9.17, 15) is 0 Å². The van der Waals surface area contributed by atoms with Gasteiger partial charge >= 0.3 is 0 Å². The Morgan fingerprint density at radius 1 is 1.31 bits per heavy atom. The molecule has 5 heteroatoms. The van der Waals surface area contributed by atoms with Crippen LogP contribution in [0.2, 0.25) is 0 Å². The zero-order valence-corrected chi connectivity index (χ0v) is 7.08. The molecule has 13 heavy (non-hydrogen) atoms. The monoisotopic (exact) mass is 176 g/mol. The van der Waals surface area contributed by atoms with Crippen LogP contribution in [0.4, 0.5) is 0 Å². The van der Waals surface area contributed by atoms with Crippen LogP contribution in [0, 0.1) is 0 Å². The first-order chi connectivity index (χ1) is 6.38. The third-order valence-electron chi connectivity index (χ3n) is 1.85. The molecule has 0 bridgehead atoms. The number of aromatic nitrogens is 4. The predicted octanol–water partition coefficient (Wildman–Crippen LogP) is 1.01. The molecule has 0 N–H and O–H groups in total. The zero-order chi connectivity index (χ0) is 9.10. The molecule has 66 valence electrons. The van der Waals surface area contributed by atoms with Crippen LogP contribution in [-0.2, 0) is 0 Å². The summed E-state index contributed by atoms with van der Waals surface area (Å²) in [7, 11) is 0. The normalized spacial score (nSPS) is 12.7. The summed E-state index contributed by atoms with van der Waals surface area (Å²) in [6, 6.07) is 0. The van der Waals surface area contributed by atoms with Crippen LogP contribution in [0.3, 0.4) is 0 Å². The van der Waals surface area contributed by atoms with Gasteiger partial charge in [0, 0.05) is 29.8 Å². The fraction of sp³-hybridized carbons (Fsp3) is 0.250. The summed E-state index contributed by atoms with van der Waals surface area (Å²) >= 11 is 0. The number of nitrogens with zero attached hydrogens (tertiary/aromatic N) is 4. The van der Waals surface area contributed by atoms with Gasteiger partial charge in [0.05, 0.1) is 5.69 Å². The summed E-state index contributed by atoms with van der Waals surface area (Å²) in [5.74, 6) is 0.0694. The molecule has 1 atom stereocenters. The van der Waals surface area contributed by atoms with Gasteiger partial charge in [0.1, 0.15) is 12.0 Å². The number of hydrogen-bond acceptors (Lipinski definition) is 5. The lowest BCUT2D eigenvalue weighted by Crippen LogP contribution is -1.99. The van der Waals surface area contributed by atoms with Crippen LogP contribution in [0.15, 0.2) is 29.4 Å². The van der Waals surface area contributed by atoms with E-state index in [1.807, 2.05) is 6.92 Å². The third-order valence-corrected chi connectivity index (χ3v) is 1.85. The van der Waals surface area contributed by atoms with Crippen molar-refractivity contribution in [3.8, 4) is 0 Å². The van der Waals surface area contributed by atoms with E-state index in [1.54, 1.807) is 18.6 Å². The maximum atomic E-state index is 4.65. The highest BCUT2D eigenvalue weighted by atomic mass is 16.5. The minimum Gasteiger partial charge on any atom is -0.345 e. The van der Waals surface area contributed by atoms with Gasteiger partial charge < -0.3 is 4.52 Å². The van der Waals surface area contributed by atoms with Crippen molar-refractivity contribution in [2.24, 2.45) is 0 Å². The molecule has 0 saturated carbocycles. The van der Waals surface area contributed by atoms with Crippen LogP contribution in [0.5, 0.6) is 0 Å². The number of hydrogen-bond donors (Lipinski definition) is 0. The second-order valence-corrected chi connectivity index (χ2v) is 2.68. The van der Waals surface area contributed by atoms with Gasteiger partial charge in [-0.3, -0.25) is 9.97 Å². The standard InChI is InChI=1S/C8H8N4O/c1-6(8-5-13-12-11-8)7-4-9-2-3-10-7/h2-6H,1H3. The van der Waals surface area contributed by atoms with E-state index in [1.165, 1.54) is 6.26 Å². The lowest BCUT2D eigenvalue weighted by atomic mass is 10.1. The first-order valence-electron chi connectivity index (χ1n) is 3.91. The highest BCUT2D eigenvalue weighted by molar-refractivity contribution is 5.14. The quantitative estimate of drug-likeness (QED) is 0.683. The molecule has 5 nitrogen and oxygen atoms in total.